The van der Waals surface area contributed by atoms with Crippen molar-refractivity contribution in [1.82, 2.24) is 10.2 Å². The molecule has 1 heterocycles. The van der Waals surface area contributed by atoms with E-state index in [1.54, 1.807) is 18.2 Å². The number of hydrogen-bond acceptors (Lipinski definition) is 7. The number of H-pyrrole nitrogens is 1. The SMILES string of the molecule is CONc1ccc(-c2n[nH]c3ccc(NS(=O)(=O)c4ccccc4S(C)(=O)=O)cc23)cc1. The molecule has 166 valence electrons. The van der Waals surface area contributed by atoms with Gasteiger partial charge >= 0.3 is 0 Å². The molecule has 0 saturated heterocycles. The summed E-state index contributed by atoms with van der Waals surface area (Å²) >= 11 is 0. The fourth-order valence-electron chi connectivity index (χ4n) is 3.30. The summed E-state index contributed by atoms with van der Waals surface area (Å²) in [5.41, 5.74) is 5.97. The third-order valence-electron chi connectivity index (χ3n) is 4.73. The quantitative estimate of drug-likeness (QED) is 0.351. The molecule has 0 aliphatic rings. The smallest absolute Gasteiger partial charge is 0.263 e. The van der Waals surface area contributed by atoms with Gasteiger partial charge in [0.25, 0.3) is 10.0 Å². The number of sulfonamides is 1. The second kappa shape index (κ2) is 8.26. The monoisotopic (exact) mass is 472 g/mol. The molecule has 0 aliphatic carbocycles. The van der Waals surface area contributed by atoms with Crippen LogP contribution in [0.1, 0.15) is 0 Å². The largest absolute Gasteiger partial charge is 0.280 e. The van der Waals surface area contributed by atoms with Crippen molar-refractivity contribution in [2.45, 2.75) is 9.79 Å². The summed E-state index contributed by atoms with van der Waals surface area (Å²) in [4.78, 5) is 4.31. The fraction of sp³-hybridized carbons (Fsp3) is 0.0952. The number of benzene rings is 3. The summed E-state index contributed by atoms with van der Waals surface area (Å²) in [5, 5.41) is 7.98. The summed E-state index contributed by atoms with van der Waals surface area (Å²) in [7, 11) is -6.36. The summed E-state index contributed by atoms with van der Waals surface area (Å²) < 4.78 is 52.5. The van der Waals surface area contributed by atoms with E-state index in [0.29, 0.717) is 11.1 Å². The van der Waals surface area contributed by atoms with Crippen molar-refractivity contribution in [3.8, 4) is 11.3 Å². The molecule has 32 heavy (non-hydrogen) atoms. The lowest BCUT2D eigenvalue weighted by Crippen LogP contribution is -2.16. The van der Waals surface area contributed by atoms with Crippen LogP contribution in [0.5, 0.6) is 0 Å². The first-order valence-corrected chi connectivity index (χ1v) is 12.8. The van der Waals surface area contributed by atoms with Crippen LogP contribution in [0.2, 0.25) is 0 Å². The van der Waals surface area contributed by atoms with Gasteiger partial charge in [0.2, 0.25) is 0 Å². The second-order valence-electron chi connectivity index (χ2n) is 7.04. The van der Waals surface area contributed by atoms with Crippen LogP contribution in [-0.2, 0) is 24.7 Å². The molecule has 9 nitrogen and oxygen atoms in total. The molecule has 1 aromatic heterocycles. The van der Waals surface area contributed by atoms with E-state index in [9.17, 15) is 16.8 Å². The average molecular weight is 473 g/mol. The van der Waals surface area contributed by atoms with Crippen molar-refractivity contribution >= 4 is 42.1 Å². The second-order valence-corrected chi connectivity index (χ2v) is 10.7. The third kappa shape index (κ3) is 4.31. The zero-order valence-electron chi connectivity index (χ0n) is 17.2. The molecule has 3 aromatic carbocycles. The molecule has 0 spiro atoms. The number of anilines is 2. The molecule has 4 aromatic rings. The zero-order valence-corrected chi connectivity index (χ0v) is 18.8. The normalized spacial score (nSPS) is 12.1. The highest BCUT2D eigenvalue weighted by Gasteiger charge is 2.24. The minimum absolute atomic E-state index is 0.262. The van der Waals surface area contributed by atoms with Crippen LogP contribution in [0.4, 0.5) is 11.4 Å². The van der Waals surface area contributed by atoms with Gasteiger partial charge in [-0.1, -0.05) is 24.3 Å². The van der Waals surface area contributed by atoms with Crippen molar-refractivity contribution in [2.24, 2.45) is 0 Å². The van der Waals surface area contributed by atoms with Gasteiger partial charge in [0.15, 0.2) is 9.84 Å². The van der Waals surface area contributed by atoms with Gasteiger partial charge < -0.3 is 0 Å². The Morgan fingerprint density at radius 1 is 0.875 bits per heavy atom. The highest BCUT2D eigenvalue weighted by Crippen LogP contribution is 2.30. The van der Waals surface area contributed by atoms with E-state index in [0.717, 1.165) is 23.0 Å². The summed E-state index contributed by atoms with van der Waals surface area (Å²) in [6, 6.07) is 17.8. The average Bonchev–Trinajstić information content (AvgIpc) is 3.17. The number of nitrogens with zero attached hydrogens (tertiary/aromatic N) is 1. The van der Waals surface area contributed by atoms with Crippen molar-refractivity contribution in [3.63, 3.8) is 0 Å². The number of nitrogens with one attached hydrogen (secondary N) is 3. The van der Waals surface area contributed by atoms with Gasteiger partial charge in [-0.25, -0.2) is 16.8 Å². The molecule has 0 atom stereocenters. The van der Waals surface area contributed by atoms with Gasteiger partial charge in [-0.3, -0.25) is 20.1 Å². The molecule has 0 bridgehead atoms. The number of aromatic amines is 1. The first kappa shape index (κ1) is 21.8. The molecule has 0 unspecified atom stereocenters. The minimum Gasteiger partial charge on any atom is -0.280 e. The number of sulfone groups is 1. The Labute approximate surface area is 185 Å². The lowest BCUT2D eigenvalue weighted by molar-refractivity contribution is 0.271. The van der Waals surface area contributed by atoms with Crippen LogP contribution in [0.3, 0.4) is 0 Å². The summed E-state index contributed by atoms with van der Waals surface area (Å²) in [6.07, 6.45) is 0.971. The Bertz CT molecular complexity index is 1490. The lowest BCUT2D eigenvalue weighted by atomic mass is 10.1. The van der Waals surface area contributed by atoms with Gasteiger partial charge in [0.05, 0.1) is 28.9 Å². The van der Waals surface area contributed by atoms with Crippen LogP contribution in [0.15, 0.2) is 76.5 Å². The topological polar surface area (TPSA) is 130 Å². The summed E-state index contributed by atoms with van der Waals surface area (Å²) in [5.74, 6) is 0. The lowest BCUT2D eigenvalue weighted by Gasteiger charge is -2.11. The van der Waals surface area contributed by atoms with E-state index >= 15 is 0 Å². The van der Waals surface area contributed by atoms with E-state index in [2.05, 4.69) is 20.4 Å². The summed E-state index contributed by atoms with van der Waals surface area (Å²) in [6.45, 7) is 0. The number of hydrogen-bond donors (Lipinski definition) is 3. The predicted molar refractivity (Wildman–Crippen MR) is 123 cm³/mol. The maximum absolute atomic E-state index is 13.0. The fourth-order valence-corrected chi connectivity index (χ4v) is 5.98. The molecule has 0 aliphatic heterocycles. The maximum Gasteiger partial charge on any atom is 0.263 e. The van der Waals surface area contributed by atoms with E-state index < -0.39 is 19.9 Å². The Morgan fingerprint density at radius 3 is 2.19 bits per heavy atom. The van der Waals surface area contributed by atoms with Gasteiger partial charge in [-0.2, -0.15) is 5.10 Å². The number of fused-ring (bicyclic) bond motifs is 1. The van der Waals surface area contributed by atoms with Crippen LogP contribution < -0.4 is 10.2 Å². The van der Waals surface area contributed by atoms with Crippen molar-refractivity contribution in [3.05, 3.63) is 66.7 Å². The van der Waals surface area contributed by atoms with Crippen LogP contribution in [-0.4, -0.2) is 40.4 Å². The Hall–Kier alpha value is -3.41. The molecule has 11 heteroatoms. The zero-order chi connectivity index (χ0) is 22.9. The van der Waals surface area contributed by atoms with Crippen LogP contribution >= 0.6 is 0 Å². The first-order chi connectivity index (χ1) is 15.2. The van der Waals surface area contributed by atoms with Gasteiger partial charge in [-0.05, 0) is 42.5 Å². The number of aromatic nitrogens is 2. The highest BCUT2D eigenvalue weighted by atomic mass is 32.2. The van der Waals surface area contributed by atoms with Gasteiger partial charge in [0, 0.05) is 22.9 Å². The molecular weight excluding hydrogens is 452 g/mol. The third-order valence-corrected chi connectivity index (χ3v) is 7.46. The highest BCUT2D eigenvalue weighted by molar-refractivity contribution is 7.95. The van der Waals surface area contributed by atoms with Crippen molar-refractivity contribution < 1.29 is 21.7 Å². The predicted octanol–water partition coefficient (Wildman–Crippen LogP) is 3.41. The molecule has 4 rings (SSSR count). The van der Waals surface area contributed by atoms with Crippen molar-refractivity contribution in [2.75, 3.05) is 23.6 Å². The molecule has 0 amide bonds. The molecule has 3 N–H and O–H groups in total. The molecular formula is C21H20N4O5S2. The van der Waals surface area contributed by atoms with E-state index in [1.165, 1.54) is 31.4 Å². The van der Waals surface area contributed by atoms with Crippen molar-refractivity contribution in [1.29, 1.82) is 0 Å². The first-order valence-electron chi connectivity index (χ1n) is 9.38. The minimum atomic E-state index is -4.15. The van der Waals surface area contributed by atoms with Gasteiger partial charge in [-0.15, -0.1) is 0 Å². The van der Waals surface area contributed by atoms with Crippen LogP contribution in [0.25, 0.3) is 22.2 Å². The van der Waals surface area contributed by atoms with Gasteiger partial charge in [0.1, 0.15) is 4.90 Å². The number of rotatable bonds is 7. The Morgan fingerprint density at radius 2 is 1.53 bits per heavy atom. The maximum atomic E-state index is 13.0. The molecule has 0 radical (unpaired) electrons. The van der Waals surface area contributed by atoms with E-state index in [-0.39, 0.29) is 15.5 Å². The molecule has 0 saturated carbocycles. The van der Waals surface area contributed by atoms with E-state index in [1.807, 2.05) is 24.3 Å². The Kier molecular flexibility index (Phi) is 5.63. The standard InChI is InChI=1S/C21H20N4O5S2/c1-30-24-15-9-7-14(8-10-15)21-17-13-16(11-12-18(17)22-23-21)25-32(28,29)20-6-4-3-5-19(20)31(2,26)27/h3-13,24-25H,1-2H3,(H,22,23). The van der Waals surface area contributed by atoms with E-state index in [4.69, 9.17) is 4.84 Å². The van der Waals surface area contributed by atoms with Crippen LogP contribution in [0, 0.1) is 0 Å². The Balaban J connectivity index is 1.72. The molecule has 0 fully saturated rings.